The van der Waals surface area contributed by atoms with E-state index in [0.29, 0.717) is 17.1 Å². The largest absolute Gasteiger partial charge is 0.344 e. The topological polar surface area (TPSA) is 91.4 Å². The molecule has 3 amide bonds. The highest BCUT2D eigenvalue weighted by molar-refractivity contribution is 7.12. The fourth-order valence-corrected chi connectivity index (χ4v) is 4.04. The molecule has 0 saturated heterocycles. The van der Waals surface area contributed by atoms with Gasteiger partial charge in [0.1, 0.15) is 0 Å². The fraction of sp³-hybridized carbons (Fsp3) is 0.182. The number of thiophene rings is 1. The zero-order chi connectivity index (χ0) is 20.9. The van der Waals surface area contributed by atoms with E-state index >= 15 is 0 Å². The minimum absolute atomic E-state index is 0.0162. The number of amides is 3. The second-order valence-corrected chi connectivity index (χ2v) is 7.83. The van der Waals surface area contributed by atoms with E-state index in [1.807, 2.05) is 35.7 Å². The second kappa shape index (κ2) is 8.87. The predicted octanol–water partition coefficient (Wildman–Crippen LogP) is 2.99. The lowest BCUT2D eigenvalue weighted by Crippen LogP contribution is -2.36. The van der Waals surface area contributed by atoms with Gasteiger partial charge in [0.05, 0.1) is 4.88 Å². The van der Waals surface area contributed by atoms with Gasteiger partial charge in [-0.3, -0.25) is 19.4 Å². The Morgan fingerprint density at radius 3 is 2.77 bits per heavy atom. The van der Waals surface area contributed by atoms with Crippen molar-refractivity contribution in [3.63, 3.8) is 0 Å². The van der Waals surface area contributed by atoms with Crippen molar-refractivity contribution in [2.75, 3.05) is 16.8 Å². The van der Waals surface area contributed by atoms with Crippen molar-refractivity contribution in [3.8, 4) is 0 Å². The summed E-state index contributed by atoms with van der Waals surface area (Å²) in [5, 5.41) is 7.09. The third kappa shape index (κ3) is 4.38. The fourth-order valence-electron chi connectivity index (χ4n) is 3.37. The standard InChI is InChI=1S/C22H20N4O3S/c27-20(24-14-15-4-1-9-23-13-15)21(28)25-17-7-8-18-16(12-17)5-2-10-26(18)22(29)19-6-3-11-30-19/h1,3-4,6-9,11-13H,2,5,10,14H2,(H,24,27)(H,25,28). The van der Waals surface area contributed by atoms with Gasteiger partial charge in [0, 0.05) is 36.9 Å². The number of aromatic nitrogens is 1. The predicted molar refractivity (Wildman–Crippen MR) is 115 cm³/mol. The van der Waals surface area contributed by atoms with Gasteiger partial charge in [-0.25, -0.2) is 0 Å². The third-order valence-electron chi connectivity index (χ3n) is 4.82. The number of carbonyl (C=O) groups excluding carboxylic acids is 3. The van der Waals surface area contributed by atoms with Crippen molar-refractivity contribution < 1.29 is 14.4 Å². The molecule has 2 aromatic heterocycles. The zero-order valence-corrected chi connectivity index (χ0v) is 16.9. The number of benzene rings is 1. The van der Waals surface area contributed by atoms with Gasteiger partial charge in [0.25, 0.3) is 5.91 Å². The molecule has 152 valence electrons. The number of nitrogens with zero attached hydrogens (tertiary/aromatic N) is 2. The van der Waals surface area contributed by atoms with E-state index in [2.05, 4.69) is 15.6 Å². The van der Waals surface area contributed by atoms with Gasteiger partial charge >= 0.3 is 11.8 Å². The molecular weight excluding hydrogens is 400 g/mol. The molecule has 1 aliphatic heterocycles. The molecule has 0 unspecified atom stereocenters. The average Bonchev–Trinajstić information content (AvgIpc) is 3.32. The molecule has 0 bridgehead atoms. The Hall–Kier alpha value is -3.52. The Kier molecular flexibility index (Phi) is 5.85. The van der Waals surface area contributed by atoms with Crippen molar-refractivity contribution in [2.24, 2.45) is 0 Å². The highest BCUT2D eigenvalue weighted by Gasteiger charge is 2.24. The Balaban J connectivity index is 1.41. The molecule has 0 spiro atoms. The molecule has 0 radical (unpaired) electrons. The first-order valence-electron chi connectivity index (χ1n) is 9.58. The van der Waals surface area contributed by atoms with Crippen LogP contribution in [-0.4, -0.2) is 29.3 Å². The first kappa shape index (κ1) is 19.8. The number of anilines is 2. The molecule has 0 atom stereocenters. The molecule has 30 heavy (non-hydrogen) atoms. The number of hydrogen-bond acceptors (Lipinski definition) is 5. The van der Waals surface area contributed by atoms with Crippen LogP contribution >= 0.6 is 11.3 Å². The maximum Gasteiger partial charge on any atom is 0.313 e. The van der Waals surface area contributed by atoms with E-state index in [-0.39, 0.29) is 12.5 Å². The monoisotopic (exact) mass is 420 g/mol. The molecule has 0 fully saturated rings. The minimum Gasteiger partial charge on any atom is -0.344 e. The van der Waals surface area contributed by atoms with E-state index in [1.54, 1.807) is 29.4 Å². The van der Waals surface area contributed by atoms with Gasteiger partial charge < -0.3 is 15.5 Å². The van der Waals surface area contributed by atoms with Crippen molar-refractivity contribution in [3.05, 3.63) is 76.2 Å². The molecule has 1 aliphatic rings. The van der Waals surface area contributed by atoms with Gasteiger partial charge in [0.15, 0.2) is 0 Å². The molecule has 4 rings (SSSR count). The molecular formula is C22H20N4O3S. The van der Waals surface area contributed by atoms with Crippen LogP contribution in [-0.2, 0) is 22.6 Å². The Morgan fingerprint density at radius 1 is 1.10 bits per heavy atom. The van der Waals surface area contributed by atoms with Gasteiger partial charge in [-0.05, 0) is 59.7 Å². The lowest BCUT2D eigenvalue weighted by atomic mass is 10.0. The van der Waals surface area contributed by atoms with Crippen molar-refractivity contribution in [2.45, 2.75) is 19.4 Å². The summed E-state index contributed by atoms with van der Waals surface area (Å²) in [6.45, 7) is 0.885. The second-order valence-electron chi connectivity index (χ2n) is 6.88. The number of rotatable bonds is 4. The minimum atomic E-state index is -0.735. The van der Waals surface area contributed by atoms with Gasteiger partial charge in [-0.15, -0.1) is 11.3 Å². The van der Waals surface area contributed by atoms with Crippen molar-refractivity contribution >= 4 is 40.4 Å². The molecule has 3 heterocycles. The highest BCUT2D eigenvalue weighted by Crippen LogP contribution is 2.31. The molecule has 1 aromatic carbocycles. The lowest BCUT2D eigenvalue weighted by molar-refractivity contribution is -0.136. The zero-order valence-electron chi connectivity index (χ0n) is 16.1. The summed E-state index contributed by atoms with van der Waals surface area (Å²) in [6.07, 6.45) is 4.92. The van der Waals surface area contributed by atoms with Crippen LogP contribution < -0.4 is 15.5 Å². The van der Waals surface area contributed by atoms with E-state index in [9.17, 15) is 14.4 Å². The number of nitrogens with one attached hydrogen (secondary N) is 2. The summed E-state index contributed by atoms with van der Waals surface area (Å²) in [6, 6.07) is 12.6. The van der Waals surface area contributed by atoms with Crippen molar-refractivity contribution in [1.82, 2.24) is 10.3 Å². The molecule has 7 nitrogen and oxygen atoms in total. The van der Waals surface area contributed by atoms with Crippen LogP contribution in [0, 0.1) is 0 Å². The Bertz CT molecular complexity index is 1070. The summed E-state index contributed by atoms with van der Waals surface area (Å²) in [4.78, 5) is 43.5. The quantitative estimate of drug-likeness (QED) is 0.635. The van der Waals surface area contributed by atoms with Gasteiger partial charge in [-0.1, -0.05) is 12.1 Å². The average molecular weight is 420 g/mol. The van der Waals surface area contributed by atoms with Gasteiger partial charge in [0.2, 0.25) is 0 Å². The number of aryl methyl sites for hydroxylation is 1. The van der Waals surface area contributed by atoms with Crippen LogP contribution in [0.25, 0.3) is 0 Å². The number of fused-ring (bicyclic) bond motifs is 1. The van der Waals surface area contributed by atoms with Gasteiger partial charge in [-0.2, -0.15) is 0 Å². The van der Waals surface area contributed by atoms with Crippen LogP contribution in [0.1, 0.15) is 27.2 Å². The summed E-state index contributed by atoms with van der Waals surface area (Å²) < 4.78 is 0. The molecule has 8 heteroatoms. The Morgan fingerprint density at radius 2 is 2.00 bits per heavy atom. The molecule has 2 N–H and O–H groups in total. The SMILES string of the molecule is O=C(NCc1cccnc1)C(=O)Nc1ccc2c(c1)CCCN2C(=O)c1cccs1. The van der Waals surface area contributed by atoms with Crippen LogP contribution in [0.15, 0.2) is 60.2 Å². The van der Waals surface area contributed by atoms with E-state index in [1.165, 1.54) is 11.3 Å². The summed E-state index contributed by atoms with van der Waals surface area (Å²) in [7, 11) is 0. The van der Waals surface area contributed by atoms with Crippen LogP contribution in [0.3, 0.4) is 0 Å². The number of hydrogen-bond donors (Lipinski definition) is 2. The summed E-state index contributed by atoms with van der Waals surface area (Å²) in [5.74, 6) is -1.47. The first-order chi connectivity index (χ1) is 14.6. The summed E-state index contributed by atoms with van der Waals surface area (Å²) in [5.41, 5.74) is 3.15. The Labute approximate surface area is 177 Å². The van der Waals surface area contributed by atoms with E-state index < -0.39 is 11.8 Å². The molecule has 0 saturated carbocycles. The maximum atomic E-state index is 12.8. The molecule has 0 aliphatic carbocycles. The normalized spacial score (nSPS) is 12.7. The van der Waals surface area contributed by atoms with E-state index in [0.717, 1.165) is 29.7 Å². The van der Waals surface area contributed by atoms with Crippen molar-refractivity contribution in [1.29, 1.82) is 0 Å². The number of pyridine rings is 1. The number of carbonyl (C=O) groups is 3. The van der Waals surface area contributed by atoms with Crippen LogP contribution in [0.5, 0.6) is 0 Å². The highest BCUT2D eigenvalue weighted by atomic mass is 32.1. The van der Waals surface area contributed by atoms with Crippen LogP contribution in [0.4, 0.5) is 11.4 Å². The molecule has 3 aromatic rings. The first-order valence-corrected chi connectivity index (χ1v) is 10.5. The van der Waals surface area contributed by atoms with Crippen LogP contribution in [0.2, 0.25) is 0 Å². The maximum absolute atomic E-state index is 12.8. The lowest BCUT2D eigenvalue weighted by Gasteiger charge is -2.29. The van der Waals surface area contributed by atoms with E-state index in [4.69, 9.17) is 0 Å². The smallest absolute Gasteiger partial charge is 0.313 e. The summed E-state index contributed by atoms with van der Waals surface area (Å²) >= 11 is 1.42. The third-order valence-corrected chi connectivity index (χ3v) is 5.67.